The van der Waals surface area contributed by atoms with Crippen molar-refractivity contribution in [2.45, 2.75) is 30.5 Å². The first-order chi connectivity index (χ1) is 13.6. The van der Waals surface area contributed by atoms with Crippen molar-refractivity contribution in [3.8, 4) is 0 Å². The SMILES string of the molecule is CC(C)n1ncc2cc(NC(=O)c3ccccc3SCc3cscn3)cnc21. The molecule has 28 heavy (non-hydrogen) atoms. The van der Waals surface area contributed by atoms with Gasteiger partial charge in [-0.05, 0) is 32.0 Å². The minimum Gasteiger partial charge on any atom is -0.321 e. The zero-order valence-corrected chi connectivity index (χ0v) is 17.1. The predicted octanol–water partition coefficient (Wildman–Crippen LogP) is 5.01. The van der Waals surface area contributed by atoms with E-state index in [1.807, 2.05) is 45.9 Å². The summed E-state index contributed by atoms with van der Waals surface area (Å²) in [6.45, 7) is 4.12. The fraction of sp³-hybridized carbons (Fsp3) is 0.200. The summed E-state index contributed by atoms with van der Waals surface area (Å²) >= 11 is 3.18. The van der Waals surface area contributed by atoms with Crippen LogP contribution in [0.3, 0.4) is 0 Å². The lowest BCUT2D eigenvalue weighted by Crippen LogP contribution is -2.13. The normalized spacial score (nSPS) is 11.2. The number of hydrogen-bond donors (Lipinski definition) is 1. The highest BCUT2D eigenvalue weighted by Gasteiger charge is 2.14. The van der Waals surface area contributed by atoms with Crippen LogP contribution >= 0.6 is 23.1 Å². The number of thioether (sulfide) groups is 1. The number of fused-ring (bicyclic) bond motifs is 1. The third kappa shape index (κ3) is 3.93. The molecule has 0 aliphatic heterocycles. The molecule has 0 radical (unpaired) electrons. The molecular weight excluding hydrogens is 390 g/mol. The number of benzene rings is 1. The first-order valence-corrected chi connectivity index (χ1v) is 10.8. The minimum atomic E-state index is -0.154. The van der Waals surface area contributed by atoms with E-state index in [0.29, 0.717) is 11.3 Å². The smallest absolute Gasteiger partial charge is 0.256 e. The van der Waals surface area contributed by atoms with Gasteiger partial charge in [0.05, 0.1) is 34.8 Å². The van der Waals surface area contributed by atoms with Crippen molar-refractivity contribution in [3.63, 3.8) is 0 Å². The maximum absolute atomic E-state index is 12.9. The van der Waals surface area contributed by atoms with Gasteiger partial charge in [0.15, 0.2) is 5.65 Å². The molecule has 0 aliphatic carbocycles. The van der Waals surface area contributed by atoms with Gasteiger partial charge in [-0.2, -0.15) is 5.10 Å². The molecule has 1 amide bonds. The summed E-state index contributed by atoms with van der Waals surface area (Å²) in [7, 11) is 0. The van der Waals surface area contributed by atoms with Gasteiger partial charge in [0, 0.05) is 27.5 Å². The van der Waals surface area contributed by atoms with E-state index < -0.39 is 0 Å². The predicted molar refractivity (Wildman–Crippen MR) is 114 cm³/mol. The molecule has 6 nitrogen and oxygen atoms in total. The number of thiazole rings is 1. The average Bonchev–Trinajstić information content (AvgIpc) is 3.36. The molecule has 1 N–H and O–H groups in total. The van der Waals surface area contributed by atoms with Crippen LogP contribution in [0.15, 0.2) is 58.5 Å². The standard InChI is InChI=1S/C20H19N5OS2/c1-13(2)25-19-14(8-23-25)7-15(9-21-19)24-20(26)17-5-3-4-6-18(17)28-11-16-10-27-12-22-16/h3-10,12-13H,11H2,1-2H3,(H,24,26). The maximum Gasteiger partial charge on any atom is 0.256 e. The molecule has 0 unspecified atom stereocenters. The van der Waals surface area contributed by atoms with Crippen molar-refractivity contribution in [2.24, 2.45) is 0 Å². The second-order valence-corrected chi connectivity index (χ2v) is 8.27. The molecule has 0 saturated heterocycles. The van der Waals surface area contributed by atoms with Crippen molar-refractivity contribution in [1.82, 2.24) is 19.7 Å². The number of pyridine rings is 1. The number of rotatable bonds is 6. The van der Waals surface area contributed by atoms with E-state index in [2.05, 4.69) is 34.2 Å². The summed E-state index contributed by atoms with van der Waals surface area (Å²) in [5, 5.41) is 10.2. The van der Waals surface area contributed by atoms with Crippen LogP contribution in [0, 0.1) is 0 Å². The summed E-state index contributed by atoms with van der Waals surface area (Å²) in [5.41, 5.74) is 4.94. The second-order valence-electron chi connectivity index (χ2n) is 6.54. The lowest BCUT2D eigenvalue weighted by Gasteiger charge is -2.10. The fourth-order valence-electron chi connectivity index (χ4n) is 2.83. The average molecular weight is 410 g/mol. The number of aromatic nitrogens is 4. The molecule has 142 valence electrons. The lowest BCUT2D eigenvalue weighted by atomic mass is 10.2. The van der Waals surface area contributed by atoms with Crippen LogP contribution in [0.25, 0.3) is 11.0 Å². The Morgan fingerprint density at radius 2 is 2.11 bits per heavy atom. The Kier molecular flexibility index (Phi) is 5.40. The fourth-order valence-corrected chi connectivity index (χ4v) is 4.44. The highest BCUT2D eigenvalue weighted by molar-refractivity contribution is 7.98. The highest BCUT2D eigenvalue weighted by Crippen LogP contribution is 2.27. The van der Waals surface area contributed by atoms with Gasteiger partial charge in [-0.15, -0.1) is 23.1 Å². The zero-order chi connectivity index (χ0) is 19.5. The van der Waals surface area contributed by atoms with Crippen molar-refractivity contribution in [2.75, 3.05) is 5.32 Å². The van der Waals surface area contributed by atoms with Crippen LogP contribution in [0.1, 0.15) is 35.9 Å². The largest absolute Gasteiger partial charge is 0.321 e. The Labute approximate surface area is 171 Å². The Balaban J connectivity index is 1.53. The van der Waals surface area contributed by atoms with E-state index in [-0.39, 0.29) is 11.9 Å². The number of hydrogen-bond acceptors (Lipinski definition) is 6. The second kappa shape index (κ2) is 8.12. The molecule has 3 aromatic heterocycles. The van der Waals surface area contributed by atoms with Crippen molar-refractivity contribution in [1.29, 1.82) is 0 Å². The van der Waals surface area contributed by atoms with Crippen molar-refractivity contribution < 1.29 is 4.79 Å². The van der Waals surface area contributed by atoms with Crippen molar-refractivity contribution in [3.05, 3.63) is 64.9 Å². The van der Waals surface area contributed by atoms with Crippen LogP contribution in [-0.2, 0) is 5.75 Å². The topological polar surface area (TPSA) is 72.7 Å². The molecule has 0 spiro atoms. The number of carbonyl (C=O) groups excluding carboxylic acids is 1. The Hall–Kier alpha value is -2.71. The van der Waals surface area contributed by atoms with Crippen LogP contribution in [0.2, 0.25) is 0 Å². The van der Waals surface area contributed by atoms with Gasteiger partial charge in [-0.3, -0.25) is 4.79 Å². The third-order valence-electron chi connectivity index (χ3n) is 4.17. The zero-order valence-electron chi connectivity index (χ0n) is 15.5. The van der Waals surface area contributed by atoms with Gasteiger partial charge in [0.25, 0.3) is 5.91 Å². The van der Waals surface area contributed by atoms with Gasteiger partial charge in [0.1, 0.15) is 0 Å². The summed E-state index contributed by atoms with van der Waals surface area (Å²) in [6.07, 6.45) is 3.45. The van der Waals surface area contributed by atoms with E-state index in [9.17, 15) is 4.79 Å². The Bertz CT molecular complexity index is 1100. The van der Waals surface area contributed by atoms with E-state index >= 15 is 0 Å². The molecule has 1 aromatic carbocycles. The molecule has 0 atom stereocenters. The molecule has 4 rings (SSSR count). The molecule has 0 bridgehead atoms. The van der Waals surface area contributed by atoms with Gasteiger partial charge in [0.2, 0.25) is 0 Å². The minimum absolute atomic E-state index is 0.154. The van der Waals surface area contributed by atoms with Gasteiger partial charge >= 0.3 is 0 Å². The highest BCUT2D eigenvalue weighted by atomic mass is 32.2. The third-order valence-corrected chi connectivity index (χ3v) is 5.91. The van der Waals surface area contributed by atoms with Gasteiger partial charge in [-0.25, -0.2) is 14.6 Å². The monoisotopic (exact) mass is 409 g/mol. The summed E-state index contributed by atoms with van der Waals surface area (Å²) in [6, 6.07) is 9.73. The number of amides is 1. The van der Waals surface area contributed by atoms with E-state index in [1.54, 1.807) is 35.5 Å². The number of nitrogens with one attached hydrogen (secondary N) is 1. The summed E-state index contributed by atoms with van der Waals surface area (Å²) in [4.78, 5) is 22.6. The van der Waals surface area contributed by atoms with Gasteiger partial charge < -0.3 is 5.32 Å². The van der Waals surface area contributed by atoms with Crippen molar-refractivity contribution >= 4 is 45.7 Å². The summed E-state index contributed by atoms with van der Waals surface area (Å²) < 4.78 is 1.87. The first-order valence-electron chi connectivity index (χ1n) is 8.85. The van der Waals surface area contributed by atoms with E-state index in [0.717, 1.165) is 27.4 Å². The van der Waals surface area contributed by atoms with E-state index in [1.165, 1.54) is 0 Å². The van der Waals surface area contributed by atoms with E-state index in [4.69, 9.17) is 0 Å². The van der Waals surface area contributed by atoms with Gasteiger partial charge in [-0.1, -0.05) is 12.1 Å². The van der Waals surface area contributed by atoms with Crippen LogP contribution in [0.5, 0.6) is 0 Å². The summed E-state index contributed by atoms with van der Waals surface area (Å²) in [5.74, 6) is 0.578. The number of anilines is 1. The molecule has 4 aromatic rings. The van der Waals surface area contributed by atoms with Crippen LogP contribution in [0.4, 0.5) is 5.69 Å². The molecule has 8 heteroatoms. The molecule has 0 fully saturated rings. The number of nitrogens with zero attached hydrogens (tertiary/aromatic N) is 4. The lowest BCUT2D eigenvalue weighted by molar-refractivity contribution is 0.102. The quantitative estimate of drug-likeness (QED) is 0.453. The van der Waals surface area contributed by atoms with Crippen LogP contribution in [-0.4, -0.2) is 25.7 Å². The molecule has 0 saturated carbocycles. The molecule has 3 heterocycles. The first kappa shape index (κ1) is 18.6. The molecular formula is C20H19N5OS2. The Morgan fingerprint density at radius 1 is 1.25 bits per heavy atom. The Morgan fingerprint density at radius 3 is 2.89 bits per heavy atom. The maximum atomic E-state index is 12.9. The van der Waals surface area contributed by atoms with Crippen LogP contribution < -0.4 is 5.32 Å². The number of carbonyl (C=O) groups is 1. The molecule has 0 aliphatic rings.